The van der Waals surface area contributed by atoms with Crippen LogP contribution in [-0.2, 0) is 4.79 Å². The van der Waals surface area contributed by atoms with Crippen molar-refractivity contribution in [2.45, 2.75) is 6.92 Å². The summed E-state index contributed by atoms with van der Waals surface area (Å²) in [4.78, 5) is 38.9. The number of imide groups is 1. The van der Waals surface area contributed by atoms with Gasteiger partial charge in [-0.15, -0.1) is 0 Å². The molecule has 1 heterocycles. The van der Waals surface area contributed by atoms with E-state index in [1.54, 1.807) is 48.5 Å². The molecule has 0 aromatic heterocycles. The van der Waals surface area contributed by atoms with E-state index < -0.39 is 11.8 Å². The van der Waals surface area contributed by atoms with E-state index in [9.17, 15) is 14.4 Å². The number of ether oxygens (including phenoxy) is 2. The number of carbonyl (C=O) groups excluding carboxylic acids is 3. The molecular formula is C24H20N2O5. The Balaban J connectivity index is 1.50. The summed E-state index contributed by atoms with van der Waals surface area (Å²) in [7, 11) is 1.43. The lowest BCUT2D eigenvalue weighted by atomic mass is 10.1. The first kappa shape index (κ1) is 20.2. The zero-order valence-corrected chi connectivity index (χ0v) is 17.0. The molecule has 3 aromatic rings. The Morgan fingerprint density at radius 3 is 2.19 bits per heavy atom. The van der Waals surface area contributed by atoms with Crippen LogP contribution in [0.5, 0.6) is 11.5 Å². The van der Waals surface area contributed by atoms with Crippen LogP contribution in [0.1, 0.15) is 26.3 Å². The smallest absolute Gasteiger partial charge is 0.266 e. The number of amides is 3. The number of hydrogen-bond donors (Lipinski definition) is 1. The molecule has 0 atom stereocenters. The largest absolute Gasteiger partial charge is 0.494 e. The Labute approximate surface area is 179 Å². The highest BCUT2D eigenvalue weighted by Crippen LogP contribution is 2.36. The number of benzene rings is 3. The third-order valence-electron chi connectivity index (χ3n) is 4.95. The number of hydrogen-bond acceptors (Lipinski definition) is 5. The molecule has 3 amide bonds. The highest BCUT2D eigenvalue weighted by atomic mass is 16.5. The monoisotopic (exact) mass is 416 g/mol. The van der Waals surface area contributed by atoms with Gasteiger partial charge in [0, 0.05) is 11.8 Å². The van der Waals surface area contributed by atoms with E-state index in [0.717, 1.165) is 10.5 Å². The van der Waals surface area contributed by atoms with Gasteiger partial charge in [0.2, 0.25) is 0 Å². The first-order valence-corrected chi connectivity index (χ1v) is 9.63. The average Bonchev–Trinajstić information content (AvgIpc) is 3.03. The topological polar surface area (TPSA) is 84.9 Å². The predicted molar refractivity (Wildman–Crippen MR) is 116 cm³/mol. The summed E-state index contributed by atoms with van der Waals surface area (Å²) in [5, 5.41) is 2.73. The number of nitrogens with one attached hydrogen (secondary N) is 1. The van der Waals surface area contributed by atoms with Crippen molar-refractivity contribution in [3.63, 3.8) is 0 Å². The number of aryl methyl sites for hydroxylation is 1. The van der Waals surface area contributed by atoms with Crippen LogP contribution in [0, 0.1) is 6.92 Å². The summed E-state index contributed by atoms with van der Waals surface area (Å²) in [5.74, 6) is -0.258. The molecule has 1 aliphatic rings. The molecule has 0 spiro atoms. The molecule has 0 fully saturated rings. The Hall–Kier alpha value is -4.13. The number of rotatable bonds is 6. The summed E-state index contributed by atoms with van der Waals surface area (Å²) < 4.78 is 10.9. The Morgan fingerprint density at radius 2 is 1.55 bits per heavy atom. The predicted octanol–water partition coefficient (Wildman–Crippen LogP) is 3.82. The second-order valence-corrected chi connectivity index (χ2v) is 6.98. The Bertz CT molecular complexity index is 1150. The first-order chi connectivity index (χ1) is 15.0. The molecule has 3 aromatic carbocycles. The second-order valence-electron chi connectivity index (χ2n) is 6.98. The van der Waals surface area contributed by atoms with Gasteiger partial charge in [-0.25, -0.2) is 4.90 Å². The Kier molecular flexibility index (Phi) is 5.41. The number of anilines is 2. The van der Waals surface area contributed by atoms with E-state index in [4.69, 9.17) is 9.47 Å². The number of fused-ring (bicyclic) bond motifs is 1. The summed E-state index contributed by atoms with van der Waals surface area (Å²) in [6.45, 7) is 1.74. The van der Waals surface area contributed by atoms with Crippen LogP contribution in [0.3, 0.4) is 0 Å². The quantitative estimate of drug-likeness (QED) is 0.618. The van der Waals surface area contributed by atoms with E-state index in [2.05, 4.69) is 5.32 Å². The van der Waals surface area contributed by atoms with E-state index in [1.165, 1.54) is 7.11 Å². The van der Waals surface area contributed by atoms with Gasteiger partial charge in [-0.2, -0.15) is 0 Å². The van der Waals surface area contributed by atoms with Gasteiger partial charge in [-0.3, -0.25) is 14.4 Å². The molecule has 0 bridgehead atoms. The van der Waals surface area contributed by atoms with Crippen LogP contribution in [0.15, 0.2) is 66.7 Å². The first-order valence-electron chi connectivity index (χ1n) is 9.63. The van der Waals surface area contributed by atoms with Crippen molar-refractivity contribution in [3.05, 3.63) is 83.4 Å². The number of carbonyl (C=O) groups is 3. The fourth-order valence-corrected chi connectivity index (χ4v) is 3.41. The van der Waals surface area contributed by atoms with E-state index in [-0.39, 0.29) is 18.3 Å². The van der Waals surface area contributed by atoms with Gasteiger partial charge in [0.15, 0.2) is 6.61 Å². The lowest BCUT2D eigenvalue weighted by Crippen LogP contribution is -2.29. The molecule has 0 saturated carbocycles. The minimum absolute atomic E-state index is 0.159. The van der Waals surface area contributed by atoms with Gasteiger partial charge in [0.1, 0.15) is 11.5 Å². The van der Waals surface area contributed by atoms with Crippen LogP contribution in [0.4, 0.5) is 11.4 Å². The van der Waals surface area contributed by atoms with Crippen molar-refractivity contribution in [2.75, 3.05) is 23.9 Å². The van der Waals surface area contributed by atoms with Crippen molar-refractivity contribution in [2.24, 2.45) is 0 Å². The molecule has 0 saturated heterocycles. The highest BCUT2D eigenvalue weighted by Gasteiger charge is 2.37. The minimum atomic E-state index is -0.415. The fraction of sp³-hybridized carbons (Fsp3) is 0.125. The summed E-state index contributed by atoms with van der Waals surface area (Å²) in [5.41, 5.74) is 2.39. The van der Waals surface area contributed by atoms with Gasteiger partial charge >= 0.3 is 0 Å². The maximum absolute atomic E-state index is 12.7. The average molecular weight is 416 g/mol. The maximum atomic E-state index is 12.7. The lowest BCUT2D eigenvalue weighted by molar-refractivity contribution is -0.118. The maximum Gasteiger partial charge on any atom is 0.266 e. The van der Waals surface area contributed by atoms with Crippen molar-refractivity contribution in [3.8, 4) is 11.5 Å². The SMILES string of the molecule is COc1cc(NC(=O)COc2ccccc2C)ccc1N1C(=O)c2ccccc2C1=O. The van der Waals surface area contributed by atoms with E-state index in [0.29, 0.717) is 28.3 Å². The molecule has 7 heteroatoms. The summed E-state index contributed by atoms with van der Waals surface area (Å²) in [6, 6.07) is 18.8. The van der Waals surface area contributed by atoms with E-state index >= 15 is 0 Å². The van der Waals surface area contributed by atoms with Gasteiger partial charge in [-0.05, 0) is 42.8 Å². The molecule has 4 rings (SSSR count). The van der Waals surface area contributed by atoms with Crippen molar-refractivity contribution < 1.29 is 23.9 Å². The lowest BCUT2D eigenvalue weighted by Gasteiger charge is -2.18. The molecular weight excluding hydrogens is 396 g/mol. The van der Waals surface area contributed by atoms with E-state index in [1.807, 2.05) is 25.1 Å². The molecule has 1 aliphatic heterocycles. The van der Waals surface area contributed by atoms with Crippen LogP contribution in [0.25, 0.3) is 0 Å². The van der Waals surface area contributed by atoms with Crippen LogP contribution in [-0.4, -0.2) is 31.4 Å². The van der Waals surface area contributed by atoms with Crippen molar-refractivity contribution in [1.29, 1.82) is 0 Å². The molecule has 7 nitrogen and oxygen atoms in total. The second kappa shape index (κ2) is 8.31. The van der Waals surface area contributed by atoms with Crippen molar-refractivity contribution >= 4 is 29.1 Å². The summed E-state index contributed by atoms with van der Waals surface area (Å²) >= 11 is 0. The standard InChI is InChI=1S/C24H20N2O5/c1-15-7-3-6-10-20(15)31-14-22(27)25-16-11-12-19(21(13-16)30-2)26-23(28)17-8-4-5-9-18(17)24(26)29/h3-13H,14H2,1-2H3,(H,25,27). The van der Waals surface area contributed by atoms with Crippen molar-refractivity contribution in [1.82, 2.24) is 0 Å². The third kappa shape index (κ3) is 3.85. The van der Waals surface area contributed by atoms with Crippen LogP contribution < -0.4 is 19.7 Å². The van der Waals surface area contributed by atoms with Gasteiger partial charge < -0.3 is 14.8 Å². The van der Waals surface area contributed by atoms with Gasteiger partial charge in [-0.1, -0.05) is 30.3 Å². The molecule has 31 heavy (non-hydrogen) atoms. The third-order valence-corrected chi connectivity index (χ3v) is 4.95. The highest BCUT2D eigenvalue weighted by molar-refractivity contribution is 6.34. The molecule has 0 radical (unpaired) electrons. The molecule has 0 aliphatic carbocycles. The Morgan fingerprint density at radius 1 is 0.903 bits per heavy atom. The van der Waals surface area contributed by atoms with Crippen LogP contribution >= 0.6 is 0 Å². The van der Waals surface area contributed by atoms with Gasteiger partial charge in [0.05, 0.1) is 23.9 Å². The van der Waals surface area contributed by atoms with Crippen LogP contribution in [0.2, 0.25) is 0 Å². The molecule has 156 valence electrons. The summed E-state index contributed by atoms with van der Waals surface area (Å²) in [6.07, 6.45) is 0. The zero-order chi connectivity index (χ0) is 22.0. The fourth-order valence-electron chi connectivity index (χ4n) is 3.41. The van der Waals surface area contributed by atoms with Gasteiger partial charge in [0.25, 0.3) is 17.7 Å². The number of methoxy groups -OCH3 is 1. The molecule has 1 N–H and O–H groups in total. The normalized spacial score (nSPS) is 12.5. The number of para-hydroxylation sites is 1. The zero-order valence-electron chi connectivity index (χ0n) is 17.0. The minimum Gasteiger partial charge on any atom is -0.494 e. The molecule has 0 unspecified atom stereocenters. The number of nitrogens with zero attached hydrogens (tertiary/aromatic N) is 1.